The maximum absolute atomic E-state index is 6.15. The molecule has 3 heterocycles. The minimum atomic E-state index is 0.319. The first-order chi connectivity index (χ1) is 19.6. The summed E-state index contributed by atoms with van der Waals surface area (Å²) in [5, 5.41) is 7.42. The summed E-state index contributed by atoms with van der Waals surface area (Å²) in [5.41, 5.74) is 9.19. The molecule has 0 amide bonds. The van der Waals surface area contributed by atoms with Crippen LogP contribution in [0, 0.1) is 0 Å². The van der Waals surface area contributed by atoms with Crippen LogP contribution in [0.25, 0.3) is 11.2 Å². The lowest BCUT2D eigenvalue weighted by molar-refractivity contribution is 0.211. The van der Waals surface area contributed by atoms with Crippen molar-refractivity contribution >= 4 is 22.9 Å². The first kappa shape index (κ1) is 27.1. The van der Waals surface area contributed by atoms with Crippen molar-refractivity contribution in [2.75, 3.05) is 37.9 Å². The minimum absolute atomic E-state index is 0.319. The van der Waals surface area contributed by atoms with Crippen LogP contribution in [0.15, 0.2) is 24.5 Å². The van der Waals surface area contributed by atoms with Gasteiger partial charge in [0.25, 0.3) is 0 Å². The largest absolute Gasteiger partial charge is 0.497 e. The standard InChI is InChI=1S/C30H44N8O2/c1-39-25-15-20(16-26(17-25)40-2)18-37-13-11-23(12-14-37)33-28-27-29(38(19-32-27)24-5-3-4-6-24)36-30(35-28)34-22-9-7-21(31)8-10-22/h15-17,19,21-24H,3-14,18,31H2,1-2H3,(H2,33,34,35,36). The molecule has 0 atom stereocenters. The second-order valence-corrected chi connectivity index (χ2v) is 11.8. The van der Waals surface area contributed by atoms with E-state index in [-0.39, 0.29) is 0 Å². The molecule has 4 N–H and O–H groups in total. The van der Waals surface area contributed by atoms with Crippen molar-refractivity contribution in [3.63, 3.8) is 0 Å². The number of nitrogens with zero attached hydrogens (tertiary/aromatic N) is 5. The third kappa shape index (κ3) is 6.12. The molecule has 3 aliphatic rings. The average molecular weight is 549 g/mol. The zero-order valence-electron chi connectivity index (χ0n) is 23.9. The van der Waals surface area contributed by atoms with Crippen molar-refractivity contribution in [3.8, 4) is 11.5 Å². The van der Waals surface area contributed by atoms with Gasteiger partial charge in [-0.15, -0.1) is 0 Å². The smallest absolute Gasteiger partial charge is 0.227 e. The Labute approximate surface area is 237 Å². The van der Waals surface area contributed by atoms with E-state index in [1.807, 2.05) is 12.4 Å². The summed E-state index contributed by atoms with van der Waals surface area (Å²) in [7, 11) is 3.39. The molecule has 2 aliphatic carbocycles. The number of rotatable bonds is 9. The van der Waals surface area contributed by atoms with Gasteiger partial charge in [-0.3, -0.25) is 4.90 Å². The summed E-state index contributed by atoms with van der Waals surface area (Å²) in [5.74, 6) is 3.22. The third-order valence-electron chi connectivity index (χ3n) is 8.99. The monoisotopic (exact) mass is 548 g/mol. The first-order valence-corrected chi connectivity index (χ1v) is 15.1. The molecule has 0 bridgehead atoms. The van der Waals surface area contributed by atoms with Crippen LogP contribution in [0.5, 0.6) is 11.5 Å². The van der Waals surface area contributed by atoms with E-state index in [0.29, 0.717) is 30.1 Å². The maximum Gasteiger partial charge on any atom is 0.227 e. The second kappa shape index (κ2) is 12.2. The fourth-order valence-corrected chi connectivity index (χ4v) is 6.62. The molecule has 1 aromatic carbocycles. The molecule has 40 heavy (non-hydrogen) atoms. The fraction of sp³-hybridized carbons (Fsp3) is 0.633. The fourth-order valence-electron chi connectivity index (χ4n) is 6.62. The lowest BCUT2D eigenvalue weighted by Crippen LogP contribution is -2.39. The van der Waals surface area contributed by atoms with E-state index in [1.165, 1.54) is 31.2 Å². The second-order valence-electron chi connectivity index (χ2n) is 11.8. The van der Waals surface area contributed by atoms with Gasteiger partial charge in [-0.2, -0.15) is 9.97 Å². The van der Waals surface area contributed by atoms with Crippen molar-refractivity contribution in [2.24, 2.45) is 5.73 Å². The zero-order valence-corrected chi connectivity index (χ0v) is 23.9. The van der Waals surface area contributed by atoms with Gasteiger partial charge in [-0.25, -0.2) is 4.98 Å². The maximum atomic E-state index is 6.15. The van der Waals surface area contributed by atoms with Gasteiger partial charge in [0.05, 0.1) is 20.5 Å². The number of imidazole rings is 1. The van der Waals surface area contributed by atoms with Crippen molar-refractivity contribution in [2.45, 2.75) is 94.9 Å². The van der Waals surface area contributed by atoms with E-state index in [1.54, 1.807) is 14.2 Å². The van der Waals surface area contributed by atoms with Crippen molar-refractivity contribution in [1.29, 1.82) is 0 Å². The normalized spacial score (nSPS) is 23.0. The molecular formula is C30H44N8O2. The Hall–Kier alpha value is -3.11. The molecule has 2 saturated carbocycles. The van der Waals surface area contributed by atoms with Gasteiger partial charge in [0.1, 0.15) is 11.5 Å². The van der Waals surface area contributed by atoms with Gasteiger partial charge in [0.2, 0.25) is 5.95 Å². The van der Waals surface area contributed by atoms with Gasteiger partial charge in [0, 0.05) is 49.9 Å². The Kier molecular flexibility index (Phi) is 8.25. The van der Waals surface area contributed by atoms with Gasteiger partial charge < -0.3 is 30.4 Å². The number of hydrogen-bond donors (Lipinski definition) is 3. The van der Waals surface area contributed by atoms with Gasteiger partial charge in [-0.1, -0.05) is 12.8 Å². The number of methoxy groups -OCH3 is 2. The van der Waals surface area contributed by atoms with Gasteiger partial charge in [0.15, 0.2) is 17.0 Å². The highest BCUT2D eigenvalue weighted by atomic mass is 16.5. The van der Waals surface area contributed by atoms with Crippen LogP contribution in [-0.2, 0) is 6.54 Å². The Morgan fingerprint density at radius 2 is 1.52 bits per heavy atom. The number of aromatic nitrogens is 4. The molecular weight excluding hydrogens is 504 g/mol. The van der Waals surface area contributed by atoms with Gasteiger partial charge >= 0.3 is 0 Å². The summed E-state index contributed by atoms with van der Waals surface area (Å²) in [6, 6.07) is 7.62. The van der Waals surface area contributed by atoms with E-state index in [9.17, 15) is 0 Å². The molecule has 1 saturated heterocycles. The minimum Gasteiger partial charge on any atom is -0.497 e. The van der Waals surface area contributed by atoms with E-state index in [2.05, 4.69) is 32.2 Å². The Morgan fingerprint density at radius 1 is 0.850 bits per heavy atom. The summed E-state index contributed by atoms with van der Waals surface area (Å²) in [6.45, 7) is 2.90. The number of nitrogens with two attached hydrogens (primary N) is 1. The molecule has 0 radical (unpaired) electrons. The Balaban J connectivity index is 1.16. The summed E-state index contributed by atoms with van der Waals surface area (Å²) >= 11 is 0. The van der Waals surface area contributed by atoms with Crippen LogP contribution in [0.1, 0.15) is 75.8 Å². The predicted octanol–water partition coefficient (Wildman–Crippen LogP) is 4.72. The first-order valence-electron chi connectivity index (χ1n) is 15.1. The number of hydrogen-bond acceptors (Lipinski definition) is 9. The van der Waals surface area contributed by atoms with Crippen molar-refractivity contribution in [1.82, 2.24) is 24.4 Å². The van der Waals surface area contributed by atoms with Crippen molar-refractivity contribution < 1.29 is 9.47 Å². The highest BCUT2D eigenvalue weighted by Crippen LogP contribution is 2.34. The molecule has 216 valence electrons. The molecule has 10 nitrogen and oxygen atoms in total. The van der Waals surface area contributed by atoms with Crippen LogP contribution in [0.4, 0.5) is 11.8 Å². The third-order valence-corrected chi connectivity index (χ3v) is 8.99. The molecule has 6 rings (SSSR count). The van der Waals surface area contributed by atoms with Crippen molar-refractivity contribution in [3.05, 3.63) is 30.1 Å². The van der Waals surface area contributed by atoms with E-state index >= 15 is 0 Å². The summed E-state index contributed by atoms with van der Waals surface area (Å²) < 4.78 is 13.2. The molecule has 10 heteroatoms. The average Bonchev–Trinajstić information content (AvgIpc) is 3.65. The van der Waals surface area contributed by atoms with Crippen LogP contribution in [0.2, 0.25) is 0 Å². The van der Waals surface area contributed by atoms with Crippen LogP contribution >= 0.6 is 0 Å². The van der Waals surface area contributed by atoms with E-state index in [4.69, 9.17) is 30.2 Å². The molecule has 3 fully saturated rings. The predicted molar refractivity (Wildman–Crippen MR) is 158 cm³/mol. The molecule has 3 aromatic rings. The number of nitrogens with one attached hydrogen (secondary N) is 2. The number of piperidine rings is 1. The summed E-state index contributed by atoms with van der Waals surface area (Å²) in [6.07, 6.45) is 13.2. The molecule has 1 aliphatic heterocycles. The number of fused-ring (bicyclic) bond motifs is 1. The van der Waals surface area contributed by atoms with Crippen LogP contribution in [-0.4, -0.2) is 69.9 Å². The lowest BCUT2D eigenvalue weighted by atomic mass is 9.92. The Morgan fingerprint density at radius 3 is 2.20 bits per heavy atom. The lowest BCUT2D eigenvalue weighted by Gasteiger charge is -2.33. The van der Waals surface area contributed by atoms with E-state index in [0.717, 1.165) is 86.6 Å². The Bertz CT molecular complexity index is 1250. The highest BCUT2D eigenvalue weighted by molar-refractivity contribution is 5.84. The number of anilines is 2. The quantitative estimate of drug-likeness (QED) is 0.349. The van der Waals surface area contributed by atoms with Crippen LogP contribution in [0.3, 0.4) is 0 Å². The highest BCUT2D eigenvalue weighted by Gasteiger charge is 2.26. The SMILES string of the molecule is COc1cc(CN2CCC(Nc3nc(NC4CCC(N)CC4)nc4c3ncn4C3CCCC3)CC2)cc(OC)c1. The number of likely N-dealkylation sites (tertiary alicyclic amines) is 1. The van der Waals surface area contributed by atoms with E-state index < -0.39 is 0 Å². The molecule has 0 unspecified atom stereocenters. The topological polar surface area (TPSA) is 115 Å². The van der Waals surface area contributed by atoms with Crippen LogP contribution < -0.4 is 25.8 Å². The molecule has 0 spiro atoms. The number of benzene rings is 1. The summed E-state index contributed by atoms with van der Waals surface area (Å²) in [4.78, 5) is 17.3. The molecule has 2 aromatic heterocycles. The van der Waals surface area contributed by atoms with Gasteiger partial charge in [-0.05, 0) is 69.1 Å². The zero-order chi connectivity index (χ0) is 27.5. The number of ether oxygens (including phenoxy) is 2.